The van der Waals surface area contributed by atoms with Crippen molar-refractivity contribution in [1.29, 1.82) is 0 Å². The molecule has 0 aliphatic rings. The van der Waals surface area contributed by atoms with Gasteiger partial charge in [-0.3, -0.25) is 0 Å². The van der Waals surface area contributed by atoms with E-state index in [2.05, 4.69) is 16.9 Å². The predicted molar refractivity (Wildman–Crippen MR) is 68.2 cm³/mol. The van der Waals surface area contributed by atoms with Gasteiger partial charge in [0.15, 0.2) is 11.6 Å². The van der Waals surface area contributed by atoms with Crippen LogP contribution < -0.4 is 0 Å². The smallest absolute Gasteiger partial charge is 0.197 e. The van der Waals surface area contributed by atoms with Gasteiger partial charge in [0.1, 0.15) is 10.9 Å². The SMILES string of the molecule is CCc1ccc(-c2nc(Cl)c(C)c(CC)n2)o1. The van der Waals surface area contributed by atoms with E-state index in [9.17, 15) is 0 Å². The summed E-state index contributed by atoms with van der Waals surface area (Å²) in [6.45, 7) is 6.03. The molecule has 2 aromatic rings. The Labute approximate surface area is 106 Å². The molecule has 2 heterocycles. The molecule has 2 aromatic heterocycles. The van der Waals surface area contributed by atoms with E-state index in [4.69, 9.17) is 16.0 Å². The molecule has 0 spiro atoms. The molecule has 90 valence electrons. The van der Waals surface area contributed by atoms with Crippen LogP contribution in [0.4, 0.5) is 0 Å². The zero-order valence-corrected chi connectivity index (χ0v) is 11.0. The second kappa shape index (κ2) is 4.88. The Kier molecular flexibility index (Phi) is 3.48. The summed E-state index contributed by atoms with van der Waals surface area (Å²) >= 11 is 6.10. The lowest BCUT2D eigenvalue weighted by atomic mass is 10.2. The fourth-order valence-electron chi connectivity index (χ4n) is 1.68. The fourth-order valence-corrected chi connectivity index (χ4v) is 1.86. The van der Waals surface area contributed by atoms with Gasteiger partial charge in [-0.25, -0.2) is 9.97 Å². The van der Waals surface area contributed by atoms with Gasteiger partial charge in [0.25, 0.3) is 0 Å². The lowest BCUT2D eigenvalue weighted by molar-refractivity contribution is 0.525. The van der Waals surface area contributed by atoms with Crippen molar-refractivity contribution in [3.63, 3.8) is 0 Å². The van der Waals surface area contributed by atoms with Crippen molar-refractivity contribution in [2.24, 2.45) is 0 Å². The molecule has 3 nitrogen and oxygen atoms in total. The maximum Gasteiger partial charge on any atom is 0.197 e. The Bertz CT molecular complexity index is 534. The molecule has 0 N–H and O–H groups in total. The van der Waals surface area contributed by atoms with Crippen molar-refractivity contribution in [2.75, 3.05) is 0 Å². The first-order chi connectivity index (χ1) is 8.15. The van der Waals surface area contributed by atoms with E-state index in [-0.39, 0.29) is 0 Å². The molecule has 0 fully saturated rings. The van der Waals surface area contributed by atoms with Crippen LogP contribution in [0.15, 0.2) is 16.5 Å². The zero-order valence-electron chi connectivity index (χ0n) is 10.2. The first kappa shape index (κ1) is 12.1. The van der Waals surface area contributed by atoms with E-state index in [0.29, 0.717) is 16.7 Å². The minimum Gasteiger partial charge on any atom is -0.458 e. The quantitative estimate of drug-likeness (QED) is 0.778. The number of aromatic nitrogens is 2. The van der Waals surface area contributed by atoms with Crippen LogP contribution in [0.25, 0.3) is 11.6 Å². The van der Waals surface area contributed by atoms with Crippen molar-refractivity contribution < 1.29 is 4.42 Å². The Morgan fingerprint density at radius 2 is 1.94 bits per heavy atom. The summed E-state index contributed by atoms with van der Waals surface area (Å²) in [7, 11) is 0. The molecule has 0 bridgehead atoms. The zero-order chi connectivity index (χ0) is 12.4. The van der Waals surface area contributed by atoms with Gasteiger partial charge in [-0.05, 0) is 25.5 Å². The van der Waals surface area contributed by atoms with Gasteiger partial charge >= 0.3 is 0 Å². The number of hydrogen-bond acceptors (Lipinski definition) is 3. The molecular formula is C13H15ClN2O. The first-order valence-electron chi connectivity index (χ1n) is 5.77. The molecule has 2 rings (SSSR count). The average molecular weight is 251 g/mol. The summed E-state index contributed by atoms with van der Waals surface area (Å²) in [4.78, 5) is 8.74. The van der Waals surface area contributed by atoms with E-state index in [1.165, 1.54) is 0 Å². The molecule has 17 heavy (non-hydrogen) atoms. The summed E-state index contributed by atoms with van der Waals surface area (Å²) in [5.74, 6) is 2.17. The van der Waals surface area contributed by atoms with E-state index in [1.54, 1.807) is 0 Å². The average Bonchev–Trinajstić information content (AvgIpc) is 2.81. The number of aryl methyl sites for hydroxylation is 2. The third kappa shape index (κ3) is 2.34. The molecule has 0 unspecified atom stereocenters. The normalized spacial score (nSPS) is 10.8. The summed E-state index contributed by atoms with van der Waals surface area (Å²) < 4.78 is 5.63. The second-order valence-electron chi connectivity index (χ2n) is 3.88. The lowest BCUT2D eigenvalue weighted by Crippen LogP contribution is -1.98. The van der Waals surface area contributed by atoms with Gasteiger partial charge in [-0.15, -0.1) is 0 Å². The largest absolute Gasteiger partial charge is 0.458 e. The van der Waals surface area contributed by atoms with E-state index in [0.717, 1.165) is 29.9 Å². The Balaban J connectivity index is 2.48. The molecule has 4 heteroatoms. The van der Waals surface area contributed by atoms with Crippen LogP contribution >= 0.6 is 11.6 Å². The highest BCUT2D eigenvalue weighted by atomic mass is 35.5. The molecule has 0 amide bonds. The maximum atomic E-state index is 6.10. The number of hydrogen-bond donors (Lipinski definition) is 0. The fraction of sp³-hybridized carbons (Fsp3) is 0.385. The van der Waals surface area contributed by atoms with Gasteiger partial charge in [-0.1, -0.05) is 25.4 Å². The van der Waals surface area contributed by atoms with E-state index >= 15 is 0 Å². The molecule has 0 saturated carbocycles. The van der Waals surface area contributed by atoms with Crippen LogP contribution in [0.5, 0.6) is 0 Å². The summed E-state index contributed by atoms with van der Waals surface area (Å²) in [5.41, 5.74) is 1.91. The van der Waals surface area contributed by atoms with Gasteiger partial charge < -0.3 is 4.42 Å². The Morgan fingerprint density at radius 3 is 2.53 bits per heavy atom. The Morgan fingerprint density at radius 1 is 1.18 bits per heavy atom. The van der Waals surface area contributed by atoms with Gasteiger partial charge in [0.2, 0.25) is 0 Å². The van der Waals surface area contributed by atoms with Crippen molar-refractivity contribution >= 4 is 11.6 Å². The number of rotatable bonds is 3. The van der Waals surface area contributed by atoms with Crippen LogP contribution in [0.2, 0.25) is 5.15 Å². The molecule has 0 radical (unpaired) electrons. The standard InChI is InChI=1S/C13H15ClN2O/c1-4-9-6-7-11(17-9)13-15-10(5-2)8(3)12(14)16-13/h6-7H,4-5H2,1-3H3. The Hall–Kier alpha value is -1.35. The van der Waals surface area contributed by atoms with Crippen LogP contribution in [-0.2, 0) is 12.8 Å². The first-order valence-corrected chi connectivity index (χ1v) is 6.15. The third-order valence-electron chi connectivity index (χ3n) is 2.75. The van der Waals surface area contributed by atoms with E-state index < -0.39 is 0 Å². The minimum absolute atomic E-state index is 0.501. The molecule has 0 aliphatic heterocycles. The number of nitrogens with zero attached hydrogens (tertiary/aromatic N) is 2. The van der Waals surface area contributed by atoms with Crippen molar-refractivity contribution in [3.05, 3.63) is 34.3 Å². The topological polar surface area (TPSA) is 38.9 Å². The van der Waals surface area contributed by atoms with Crippen molar-refractivity contribution in [1.82, 2.24) is 9.97 Å². The molecule has 0 aliphatic carbocycles. The predicted octanol–water partition coefficient (Wildman–Crippen LogP) is 3.82. The summed E-state index contributed by atoms with van der Waals surface area (Å²) in [6.07, 6.45) is 1.70. The van der Waals surface area contributed by atoms with E-state index in [1.807, 2.05) is 26.0 Å². The molecular weight excluding hydrogens is 236 g/mol. The number of furan rings is 1. The van der Waals surface area contributed by atoms with Crippen molar-refractivity contribution in [2.45, 2.75) is 33.6 Å². The maximum absolute atomic E-state index is 6.10. The van der Waals surface area contributed by atoms with Gasteiger partial charge in [0, 0.05) is 17.7 Å². The summed E-state index contributed by atoms with van der Waals surface area (Å²) in [6, 6.07) is 3.83. The van der Waals surface area contributed by atoms with Gasteiger partial charge in [0.05, 0.1) is 0 Å². The molecule has 0 atom stereocenters. The summed E-state index contributed by atoms with van der Waals surface area (Å²) in [5, 5.41) is 0.501. The lowest BCUT2D eigenvalue weighted by Gasteiger charge is -2.05. The van der Waals surface area contributed by atoms with Crippen molar-refractivity contribution in [3.8, 4) is 11.6 Å². The van der Waals surface area contributed by atoms with Crippen LogP contribution in [0.1, 0.15) is 30.9 Å². The van der Waals surface area contributed by atoms with Gasteiger partial charge in [-0.2, -0.15) is 0 Å². The second-order valence-corrected chi connectivity index (χ2v) is 4.24. The highest BCUT2D eigenvalue weighted by Crippen LogP contribution is 2.24. The van der Waals surface area contributed by atoms with Crippen LogP contribution in [0, 0.1) is 6.92 Å². The highest BCUT2D eigenvalue weighted by molar-refractivity contribution is 6.30. The third-order valence-corrected chi connectivity index (χ3v) is 3.12. The number of halogens is 1. The highest BCUT2D eigenvalue weighted by Gasteiger charge is 2.12. The van der Waals surface area contributed by atoms with Crippen LogP contribution in [-0.4, -0.2) is 9.97 Å². The monoisotopic (exact) mass is 250 g/mol. The molecule has 0 saturated heterocycles. The molecule has 0 aromatic carbocycles. The van der Waals surface area contributed by atoms with Crippen LogP contribution in [0.3, 0.4) is 0 Å². The minimum atomic E-state index is 0.501.